The fourth-order valence-electron chi connectivity index (χ4n) is 7.49. The van der Waals surface area contributed by atoms with Gasteiger partial charge in [-0.3, -0.25) is 48.1 Å². The SMILES string of the molecule is CC(C)C[C@@H]1NC(=O)[C@H](CCCN=C(N)N)NC(=O)[C@@H]2CCCN2C(=O)[C@H](CO)NC(=O)[C@H](CC(N)=O)NC(=O)[C@H](CCCCN)NC(=O)[C@H](CCCCN)NC(=O)[C@@H](N)CSSC[C@@H](C(=O)O)NC1=O. The number of carboxylic acids is 1. The summed E-state index contributed by atoms with van der Waals surface area (Å²) in [5.41, 5.74) is 34.0. The number of aliphatic hydroxyl groups excluding tert-OH is 1. The van der Waals surface area contributed by atoms with Gasteiger partial charge in [-0.1, -0.05) is 35.4 Å². The van der Waals surface area contributed by atoms with Crippen LogP contribution in [0.25, 0.3) is 0 Å². The topological polar surface area (TPSA) is 467 Å². The molecule has 21 N–H and O–H groups in total. The number of carbonyl (C=O) groups excluding carboxylic acids is 9. The molecule has 0 radical (unpaired) electrons. The first-order chi connectivity index (χ1) is 33.6. The molecule has 0 saturated carbocycles. The maximum absolute atomic E-state index is 14.0. The molecule has 27 nitrogen and oxygen atoms in total. The molecule has 0 aromatic heterocycles. The minimum absolute atomic E-state index is 0.0123. The molecule has 2 heterocycles. The van der Waals surface area contributed by atoms with E-state index in [9.17, 15) is 58.2 Å². The molecule has 9 atom stereocenters. The van der Waals surface area contributed by atoms with E-state index >= 15 is 0 Å². The lowest BCUT2D eigenvalue weighted by Crippen LogP contribution is -2.61. The lowest BCUT2D eigenvalue weighted by Gasteiger charge is -2.30. The van der Waals surface area contributed by atoms with Gasteiger partial charge in [-0.15, -0.1) is 0 Å². The van der Waals surface area contributed by atoms with Crippen LogP contribution in [0.4, 0.5) is 0 Å². The normalized spacial score (nSPS) is 26.5. The van der Waals surface area contributed by atoms with Gasteiger partial charge in [-0.2, -0.15) is 0 Å². The molecule has 0 aliphatic carbocycles. The molecule has 0 unspecified atom stereocenters. The number of guanidine groups is 1. The lowest BCUT2D eigenvalue weighted by atomic mass is 10.0. The van der Waals surface area contributed by atoms with Crippen molar-refractivity contribution < 1.29 is 58.2 Å². The van der Waals surface area contributed by atoms with Crippen LogP contribution in [0.3, 0.4) is 0 Å². The Morgan fingerprint density at radius 1 is 0.662 bits per heavy atom. The number of nitrogens with two attached hydrogens (primary N) is 6. The van der Waals surface area contributed by atoms with Crippen LogP contribution in [0, 0.1) is 5.92 Å². The molecule has 2 saturated heterocycles. The van der Waals surface area contributed by atoms with Crippen molar-refractivity contribution in [3.05, 3.63) is 0 Å². The molecule has 0 bridgehead atoms. The maximum atomic E-state index is 14.0. The van der Waals surface area contributed by atoms with Crippen LogP contribution in [-0.4, -0.2) is 179 Å². The average molecular weight is 1050 g/mol. The van der Waals surface area contributed by atoms with Gasteiger partial charge in [-0.25, -0.2) is 4.79 Å². The van der Waals surface area contributed by atoms with Crippen LogP contribution in [0.1, 0.15) is 90.9 Å². The van der Waals surface area contributed by atoms with Crippen molar-refractivity contribution in [1.82, 2.24) is 42.1 Å². The Hall–Kier alpha value is -5.49. The number of hydrogen-bond acceptors (Lipinski definition) is 17. The molecule has 71 heavy (non-hydrogen) atoms. The smallest absolute Gasteiger partial charge is 0.327 e. The lowest BCUT2D eigenvalue weighted by molar-refractivity contribution is -0.143. The van der Waals surface area contributed by atoms with Crippen LogP contribution in [-0.2, 0) is 47.9 Å². The van der Waals surface area contributed by atoms with E-state index in [4.69, 9.17) is 34.4 Å². The first-order valence-electron chi connectivity index (χ1n) is 23.6. The third kappa shape index (κ3) is 22.2. The predicted octanol–water partition coefficient (Wildman–Crippen LogP) is -5.60. The van der Waals surface area contributed by atoms with E-state index in [0.717, 1.165) is 26.5 Å². The predicted molar refractivity (Wildman–Crippen MR) is 265 cm³/mol. The highest BCUT2D eigenvalue weighted by Crippen LogP contribution is 2.24. The average Bonchev–Trinajstić information content (AvgIpc) is 3.81. The second kappa shape index (κ2) is 32.5. The summed E-state index contributed by atoms with van der Waals surface area (Å²) in [5, 5.41) is 38.2. The first kappa shape index (κ1) is 61.6. The quantitative estimate of drug-likeness (QED) is 0.0263. The van der Waals surface area contributed by atoms with Crippen LogP contribution in [0.2, 0.25) is 0 Å². The largest absolute Gasteiger partial charge is 0.480 e. The van der Waals surface area contributed by atoms with Crippen molar-refractivity contribution >= 4 is 86.7 Å². The third-order valence-electron chi connectivity index (χ3n) is 11.3. The number of aliphatic hydroxyl groups is 1. The summed E-state index contributed by atoms with van der Waals surface area (Å²) >= 11 is 0. The molecule has 2 rings (SSSR count). The molecule has 2 fully saturated rings. The summed E-state index contributed by atoms with van der Waals surface area (Å²) in [5.74, 6) is -10.1. The van der Waals surface area contributed by atoms with E-state index in [0.29, 0.717) is 25.7 Å². The van der Waals surface area contributed by atoms with E-state index in [-0.39, 0.29) is 94.5 Å². The highest BCUT2D eigenvalue weighted by atomic mass is 33.1. The van der Waals surface area contributed by atoms with Crippen LogP contribution in [0.15, 0.2) is 4.99 Å². The Morgan fingerprint density at radius 2 is 1.14 bits per heavy atom. The van der Waals surface area contributed by atoms with Crippen molar-refractivity contribution in [3.63, 3.8) is 0 Å². The van der Waals surface area contributed by atoms with Gasteiger partial charge in [0.05, 0.1) is 19.1 Å². The van der Waals surface area contributed by atoms with Crippen LogP contribution >= 0.6 is 21.6 Å². The van der Waals surface area contributed by atoms with Crippen molar-refractivity contribution in [1.29, 1.82) is 0 Å². The first-order valence-corrected chi connectivity index (χ1v) is 26.1. The number of carbonyl (C=O) groups is 10. The fraction of sp³-hybridized carbons (Fsp3) is 0.738. The highest BCUT2D eigenvalue weighted by molar-refractivity contribution is 8.76. The monoisotopic (exact) mass is 1050 g/mol. The molecule has 2 aliphatic heterocycles. The van der Waals surface area contributed by atoms with Gasteiger partial charge in [-0.05, 0) is 89.6 Å². The van der Waals surface area contributed by atoms with E-state index in [2.05, 4.69) is 42.2 Å². The van der Waals surface area contributed by atoms with E-state index in [1.165, 1.54) is 0 Å². The molecule has 0 spiro atoms. The fourth-order valence-corrected chi connectivity index (χ4v) is 9.77. The molecular formula is C42H75N15O12S2. The Bertz CT molecular complexity index is 1860. The molecule has 29 heteroatoms. The number of unbranched alkanes of at least 4 members (excludes halogenated alkanes) is 2. The number of nitrogens with one attached hydrogen (secondary N) is 7. The molecular weight excluding hydrogens is 971 g/mol. The molecule has 2 aliphatic rings. The number of carboxylic acid groups (broad SMARTS) is 1. The number of hydrogen-bond donors (Lipinski definition) is 15. The van der Waals surface area contributed by atoms with Crippen molar-refractivity contribution in [2.75, 3.05) is 44.3 Å². The second-order valence-corrected chi connectivity index (χ2v) is 20.2. The van der Waals surface area contributed by atoms with Crippen LogP contribution in [0.5, 0.6) is 0 Å². The third-order valence-corrected chi connectivity index (χ3v) is 13.7. The van der Waals surface area contributed by atoms with Crippen molar-refractivity contribution in [3.8, 4) is 0 Å². The summed E-state index contributed by atoms with van der Waals surface area (Å²) in [4.78, 5) is 140. The number of aliphatic imine (C=N–C) groups is 1. The zero-order valence-corrected chi connectivity index (χ0v) is 42.0. The summed E-state index contributed by atoms with van der Waals surface area (Å²) in [6.45, 7) is 3.08. The second-order valence-electron chi connectivity index (χ2n) is 17.6. The summed E-state index contributed by atoms with van der Waals surface area (Å²) in [6, 6.07) is -12.6. The Labute approximate surface area is 420 Å². The highest BCUT2D eigenvalue weighted by Gasteiger charge is 2.40. The maximum Gasteiger partial charge on any atom is 0.327 e. The van der Waals surface area contributed by atoms with Gasteiger partial charge in [0.1, 0.15) is 48.3 Å². The molecule has 0 aromatic rings. The zero-order valence-electron chi connectivity index (χ0n) is 40.4. The number of nitrogens with zero attached hydrogens (tertiary/aromatic N) is 2. The van der Waals surface area contributed by atoms with Gasteiger partial charge >= 0.3 is 5.97 Å². The minimum Gasteiger partial charge on any atom is -0.480 e. The number of rotatable bonds is 18. The number of fused-ring (bicyclic) bond motifs is 1. The Balaban J connectivity index is 2.65. The zero-order chi connectivity index (χ0) is 53.2. The summed E-state index contributed by atoms with van der Waals surface area (Å²) in [7, 11) is 2.01. The number of amides is 9. The summed E-state index contributed by atoms with van der Waals surface area (Å²) < 4.78 is 0. The number of aliphatic carboxylic acids is 1. The van der Waals surface area contributed by atoms with Crippen LogP contribution < -0.4 is 71.6 Å². The molecule has 9 amide bonds. The van der Waals surface area contributed by atoms with Crippen molar-refractivity contribution in [2.45, 2.75) is 145 Å². The van der Waals surface area contributed by atoms with Gasteiger partial charge in [0.15, 0.2) is 5.96 Å². The number of primary amides is 1. The van der Waals surface area contributed by atoms with Gasteiger partial charge in [0.25, 0.3) is 0 Å². The van der Waals surface area contributed by atoms with Gasteiger partial charge < -0.3 is 86.7 Å². The van der Waals surface area contributed by atoms with E-state index in [1.54, 1.807) is 13.8 Å². The minimum atomic E-state index is -1.73. The van der Waals surface area contributed by atoms with Gasteiger partial charge in [0, 0.05) is 24.6 Å². The molecule has 0 aromatic carbocycles. The van der Waals surface area contributed by atoms with Crippen molar-refractivity contribution in [2.24, 2.45) is 45.3 Å². The van der Waals surface area contributed by atoms with Gasteiger partial charge in [0.2, 0.25) is 53.2 Å². The molecule has 402 valence electrons. The van der Waals surface area contributed by atoms with E-state index < -0.39 is 127 Å². The van der Waals surface area contributed by atoms with E-state index in [1.807, 2.05) is 0 Å². The summed E-state index contributed by atoms with van der Waals surface area (Å²) in [6.07, 6.45) is 1.39. The Morgan fingerprint density at radius 3 is 1.66 bits per heavy atom. The standard InChI is InChI=1S/C42H75N15O12S2/c1-22(2)17-27-37(64)56-30(41(68)69)21-71-70-20-23(45)33(60)50-24(9-3-5-13-43)34(61)51-25(10-4-6-14-44)35(62)54-28(18-32(46)59)38(65)55-29(19-58)40(67)57-16-8-12-31(57)39(66)52-26(36(63)53-27)11-7-15-49-42(47)48/h22-31,58H,3-21,43-45H2,1-2H3,(H2,46,59)(H,50,60)(H,51,61)(H,52,66)(H,53,63)(H,54,62)(H,55,65)(H,56,64)(H,68,69)(H4,47,48,49)/t23-,24-,25-,26-,27-,28-,29-,30-,31-/m0/s1. The Kier molecular flexibility index (Phi) is 28.2.